The molecule has 0 atom stereocenters. The van der Waals surface area contributed by atoms with E-state index < -0.39 is 0 Å². The summed E-state index contributed by atoms with van der Waals surface area (Å²) < 4.78 is 6.53. The van der Waals surface area contributed by atoms with Gasteiger partial charge in [-0.1, -0.05) is 66.7 Å². The molecule has 5 nitrogen and oxygen atoms in total. The van der Waals surface area contributed by atoms with Crippen molar-refractivity contribution in [2.75, 3.05) is 19.0 Å². The third-order valence-electron chi connectivity index (χ3n) is 5.19. The topological polar surface area (TPSA) is 58.6 Å². The Morgan fingerprint density at radius 1 is 0.909 bits per heavy atom. The predicted octanol–water partition coefficient (Wildman–Crippen LogP) is 5.89. The third kappa shape index (κ3) is 5.59. The fraction of sp³-hybridized carbons (Fsp3) is 0.111. The van der Waals surface area contributed by atoms with Crippen LogP contribution in [-0.4, -0.2) is 30.4 Å². The molecular formula is C27H23BrN2O3. The van der Waals surface area contributed by atoms with Crippen LogP contribution in [0.3, 0.4) is 0 Å². The molecule has 166 valence electrons. The van der Waals surface area contributed by atoms with Gasteiger partial charge in [0.1, 0.15) is 5.75 Å². The first-order valence-corrected chi connectivity index (χ1v) is 11.3. The van der Waals surface area contributed by atoms with Gasteiger partial charge in [0.15, 0.2) is 6.61 Å². The lowest BCUT2D eigenvalue weighted by molar-refractivity contribution is -0.118. The quantitative estimate of drug-likeness (QED) is 0.342. The van der Waals surface area contributed by atoms with Crippen molar-refractivity contribution in [2.24, 2.45) is 0 Å². The van der Waals surface area contributed by atoms with Gasteiger partial charge in [-0.3, -0.25) is 9.59 Å². The standard InChI is InChI=1S/C27H23BrN2O3/c1-30(17-19-8-3-2-4-9-19)27(32)21-11-7-12-22(16-21)29-25(31)18-33-24-15-14-20-10-5-6-13-23(20)26(24)28/h2-16H,17-18H2,1H3,(H,29,31). The van der Waals surface area contributed by atoms with E-state index in [1.54, 1.807) is 36.2 Å². The Bertz CT molecular complexity index is 1290. The van der Waals surface area contributed by atoms with Crippen LogP contribution >= 0.6 is 15.9 Å². The molecule has 0 aliphatic rings. The van der Waals surface area contributed by atoms with Crippen molar-refractivity contribution in [3.05, 3.63) is 107 Å². The van der Waals surface area contributed by atoms with E-state index in [1.165, 1.54) is 0 Å². The van der Waals surface area contributed by atoms with E-state index >= 15 is 0 Å². The minimum absolute atomic E-state index is 0.119. The summed E-state index contributed by atoms with van der Waals surface area (Å²) in [6.07, 6.45) is 0. The Hall–Kier alpha value is -3.64. The van der Waals surface area contributed by atoms with Gasteiger partial charge in [-0.25, -0.2) is 0 Å². The SMILES string of the molecule is CN(Cc1ccccc1)C(=O)c1cccc(NC(=O)COc2ccc3ccccc3c2Br)c1. The second-order valence-electron chi connectivity index (χ2n) is 7.66. The molecule has 0 aliphatic carbocycles. The van der Waals surface area contributed by atoms with Gasteiger partial charge >= 0.3 is 0 Å². The van der Waals surface area contributed by atoms with Crippen LogP contribution in [0.2, 0.25) is 0 Å². The fourth-order valence-electron chi connectivity index (χ4n) is 3.54. The number of nitrogens with zero attached hydrogens (tertiary/aromatic N) is 1. The van der Waals surface area contributed by atoms with Gasteiger partial charge in [-0.2, -0.15) is 0 Å². The summed E-state index contributed by atoms with van der Waals surface area (Å²) in [5, 5.41) is 4.90. The van der Waals surface area contributed by atoms with Gasteiger partial charge in [0.2, 0.25) is 0 Å². The number of hydrogen-bond donors (Lipinski definition) is 1. The highest BCUT2D eigenvalue weighted by atomic mass is 79.9. The monoisotopic (exact) mass is 502 g/mol. The number of halogens is 1. The highest BCUT2D eigenvalue weighted by Gasteiger charge is 2.14. The molecule has 0 aliphatic heterocycles. The van der Waals surface area contributed by atoms with Crippen LogP contribution in [0.1, 0.15) is 15.9 Å². The first-order valence-electron chi connectivity index (χ1n) is 10.5. The Morgan fingerprint density at radius 2 is 1.67 bits per heavy atom. The van der Waals surface area contributed by atoms with Gasteiger partial charge in [-0.05, 0) is 56.5 Å². The minimum atomic E-state index is -0.308. The molecule has 0 saturated heterocycles. The number of hydrogen-bond acceptors (Lipinski definition) is 3. The van der Waals surface area contributed by atoms with Crippen LogP contribution in [0.15, 0.2) is 95.5 Å². The van der Waals surface area contributed by atoms with Crippen LogP contribution < -0.4 is 10.1 Å². The molecule has 0 bridgehead atoms. The molecule has 0 unspecified atom stereocenters. The van der Waals surface area contributed by atoms with E-state index in [2.05, 4.69) is 21.2 Å². The molecule has 0 fully saturated rings. The van der Waals surface area contributed by atoms with Crippen LogP contribution in [0.25, 0.3) is 10.8 Å². The maximum atomic E-state index is 12.8. The van der Waals surface area contributed by atoms with Crippen molar-refractivity contribution < 1.29 is 14.3 Å². The van der Waals surface area contributed by atoms with Crippen molar-refractivity contribution in [1.82, 2.24) is 4.90 Å². The van der Waals surface area contributed by atoms with E-state index in [9.17, 15) is 9.59 Å². The van der Waals surface area contributed by atoms with Crippen molar-refractivity contribution >= 4 is 44.2 Å². The summed E-state index contributed by atoms with van der Waals surface area (Å²) in [5.41, 5.74) is 2.10. The molecule has 0 saturated carbocycles. The lowest BCUT2D eigenvalue weighted by atomic mass is 10.1. The summed E-state index contributed by atoms with van der Waals surface area (Å²) in [4.78, 5) is 26.9. The minimum Gasteiger partial charge on any atom is -0.483 e. The molecule has 33 heavy (non-hydrogen) atoms. The molecule has 4 aromatic rings. The van der Waals surface area contributed by atoms with Crippen molar-refractivity contribution in [1.29, 1.82) is 0 Å². The van der Waals surface area contributed by atoms with Crippen molar-refractivity contribution in [3.8, 4) is 5.75 Å². The molecular weight excluding hydrogens is 480 g/mol. The van der Waals surface area contributed by atoms with Crippen LogP contribution in [-0.2, 0) is 11.3 Å². The van der Waals surface area contributed by atoms with Crippen LogP contribution in [0, 0.1) is 0 Å². The van der Waals surface area contributed by atoms with E-state index in [0.29, 0.717) is 23.5 Å². The Morgan fingerprint density at radius 3 is 2.48 bits per heavy atom. The number of ether oxygens (including phenoxy) is 1. The molecule has 4 aromatic carbocycles. The Balaban J connectivity index is 1.37. The molecule has 0 aromatic heterocycles. The first kappa shape index (κ1) is 22.6. The zero-order valence-corrected chi connectivity index (χ0v) is 19.7. The smallest absolute Gasteiger partial charge is 0.262 e. The highest BCUT2D eigenvalue weighted by Crippen LogP contribution is 2.33. The largest absolute Gasteiger partial charge is 0.483 e. The number of rotatable bonds is 7. The van der Waals surface area contributed by atoms with Gasteiger partial charge < -0.3 is 15.0 Å². The second-order valence-corrected chi connectivity index (χ2v) is 8.46. The normalized spacial score (nSPS) is 10.6. The number of amides is 2. The van der Waals surface area contributed by atoms with E-state index in [0.717, 1.165) is 20.8 Å². The predicted molar refractivity (Wildman–Crippen MR) is 134 cm³/mol. The summed E-state index contributed by atoms with van der Waals surface area (Å²) in [6.45, 7) is 0.355. The molecule has 0 radical (unpaired) electrons. The number of fused-ring (bicyclic) bond motifs is 1. The van der Waals surface area contributed by atoms with Crippen molar-refractivity contribution in [3.63, 3.8) is 0 Å². The number of carbonyl (C=O) groups excluding carboxylic acids is 2. The van der Waals surface area contributed by atoms with Gasteiger partial charge in [0.25, 0.3) is 11.8 Å². The van der Waals surface area contributed by atoms with E-state index in [1.807, 2.05) is 66.7 Å². The Kier molecular flexibility index (Phi) is 7.05. The highest BCUT2D eigenvalue weighted by molar-refractivity contribution is 9.10. The van der Waals surface area contributed by atoms with Crippen LogP contribution in [0.4, 0.5) is 5.69 Å². The summed E-state index contributed by atoms with van der Waals surface area (Å²) in [6, 6.07) is 28.4. The average Bonchev–Trinajstić information content (AvgIpc) is 2.84. The maximum absolute atomic E-state index is 12.8. The zero-order chi connectivity index (χ0) is 23.2. The molecule has 4 rings (SSSR count). The summed E-state index contributed by atoms with van der Waals surface area (Å²) in [7, 11) is 1.76. The first-order chi connectivity index (χ1) is 16.0. The van der Waals surface area contributed by atoms with Gasteiger partial charge in [0.05, 0.1) is 4.47 Å². The van der Waals surface area contributed by atoms with E-state index in [-0.39, 0.29) is 18.4 Å². The van der Waals surface area contributed by atoms with E-state index in [4.69, 9.17) is 4.74 Å². The van der Waals surface area contributed by atoms with Crippen LogP contribution in [0.5, 0.6) is 5.75 Å². The Labute approximate surface area is 201 Å². The lowest BCUT2D eigenvalue weighted by Crippen LogP contribution is -2.26. The number of benzene rings is 4. The number of anilines is 1. The molecule has 1 N–H and O–H groups in total. The third-order valence-corrected chi connectivity index (χ3v) is 6.01. The summed E-state index contributed by atoms with van der Waals surface area (Å²) in [5.74, 6) is 0.166. The average molecular weight is 503 g/mol. The fourth-order valence-corrected chi connectivity index (χ4v) is 4.15. The van der Waals surface area contributed by atoms with Gasteiger partial charge in [-0.15, -0.1) is 0 Å². The van der Waals surface area contributed by atoms with Crippen molar-refractivity contribution in [2.45, 2.75) is 6.54 Å². The lowest BCUT2D eigenvalue weighted by Gasteiger charge is -2.18. The zero-order valence-electron chi connectivity index (χ0n) is 18.1. The molecule has 6 heteroatoms. The van der Waals surface area contributed by atoms with Gasteiger partial charge in [0, 0.05) is 24.8 Å². The molecule has 0 heterocycles. The number of nitrogens with one attached hydrogen (secondary N) is 1. The number of carbonyl (C=O) groups is 2. The molecule has 2 amide bonds. The maximum Gasteiger partial charge on any atom is 0.262 e. The summed E-state index contributed by atoms with van der Waals surface area (Å²) >= 11 is 3.56. The molecule has 0 spiro atoms. The second kappa shape index (κ2) is 10.3.